The molecule has 1 saturated heterocycles. The number of ether oxygens (including phenoxy) is 1. The zero-order chi connectivity index (χ0) is 19.6. The van der Waals surface area contributed by atoms with Gasteiger partial charge in [0.1, 0.15) is 0 Å². The van der Waals surface area contributed by atoms with Gasteiger partial charge in [-0.2, -0.15) is 0 Å². The average Bonchev–Trinajstić information content (AvgIpc) is 2.74. The lowest BCUT2D eigenvalue weighted by Gasteiger charge is -2.38. The molecule has 3 aromatic rings. The Morgan fingerprint density at radius 3 is 2.39 bits per heavy atom. The third-order valence-corrected chi connectivity index (χ3v) is 5.76. The van der Waals surface area contributed by atoms with E-state index in [9.17, 15) is 4.79 Å². The molecule has 2 heterocycles. The van der Waals surface area contributed by atoms with E-state index in [1.807, 2.05) is 38.1 Å². The number of hydrogen-bond donors (Lipinski definition) is 1. The molecule has 5 heteroatoms. The number of hydrogen-bond acceptors (Lipinski definition) is 4. The van der Waals surface area contributed by atoms with Crippen molar-refractivity contribution in [3.63, 3.8) is 0 Å². The molecule has 144 valence electrons. The predicted octanol–water partition coefficient (Wildman–Crippen LogP) is 3.72. The summed E-state index contributed by atoms with van der Waals surface area (Å²) in [5.41, 5.74) is 5.14. The molecule has 1 aliphatic rings. The topological polar surface area (TPSA) is 64.1 Å². The van der Waals surface area contributed by atoms with Crippen molar-refractivity contribution in [1.82, 2.24) is 15.3 Å². The molecule has 1 amide bonds. The van der Waals surface area contributed by atoms with Crippen LogP contribution in [0, 0.1) is 13.8 Å². The van der Waals surface area contributed by atoms with Crippen molar-refractivity contribution in [2.24, 2.45) is 0 Å². The van der Waals surface area contributed by atoms with Crippen LogP contribution in [0.5, 0.6) is 0 Å². The van der Waals surface area contributed by atoms with Crippen molar-refractivity contribution in [2.45, 2.75) is 32.1 Å². The fraction of sp³-hybridized carbons (Fsp3) is 0.348. The van der Waals surface area contributed by atoms with Crippen LogP contribution in [0.3, 0.4) is 0 Å². The molecule has 0 unspecified atom stereocenters. The summed E-state index contributed by atoms with van der Waals surface area (Å²) in [4.78, 5) is 22.0. The van der Waals surface area contributed by atoms with Crippen LogP contribution >= 0.6 is 0 Å². The molecule has 1 aromatic heterocycles. The highest BCUT2D eigenvalue weighted by molar-refractivity contribution is 5.97. The molecule has 5 nitrogen and oxygen atoms in total. The molecule has 2 aromatic carbocycles. The van der Waals surface area contributed by atoms with E-state index < -0.39 is 0 Å². The Morgan fingerprint density at radius 1 is 1.00 bits per heavy atom. The number of rotatable bonds is 4. The minimum atomic E-state index is -0.0838. The molecule has 0 bridgehead atoms. The maximum Gasteiger partial charge on any atom is 0.251 e. The van der Waals surface area contributed by atoms with E-state index in [1.165, 1.54) is 5.56 Å². The summed E-state index contributed by atoms with van der Waals surface area (Å²) in [5.74, 6) is -0.0799. The van der Waals surface area contributed by atoms with Gasteiger partial charge in [0.2, 0.25) is 0 Å². The minimum absolute atomic E-state index is 0.0799. The van der Waals surface area contributed by atoms with E-state index in [0.717, 1.165) is 48.5 Å². The van der Waals surface area contributed by atoms with Gasteiger partial charge in [0.05, 0.1) is 22.4 Å². The van der Waals surface area contributed by atoms with Gasteiger partial charge >= 0.3 is 0 Å². The first-order chi connectivity index (χ1) is 13.6. The molecule has 0 atom stereocenters. The number of nitrogens with one attached hydrogen (secondary N) is 1. The third kappa shape index (κ3) is 3.62. The molecular formula is C23H25N3O2. The molecule has 1 N–H and O–H groups in total. The second-order valence-electron chi connectivity index (χ2n) is 7.54. The lowest BCUT2D eigenvalue weighted by atomic mass is 9.74. The van der Waals surface area contributed by atoms with Gasteiger partial charge in [0.15, 0.2) is 0 Å². The highest BCUT2D eigenvalue weighted by atomic mass is 16.5. The Hall–Kier alpha value is -2.79. The summed E-state index contributed by atoms with van der Waals surface area (Å²) >= 11 is 0. The normalized spacial score (nSPS) is 16.1. The van der Waals surface area contributed by atoms with Gasteiger partial charge in [0, 0.05) is 30.7 Å². The van der Waals surface area contributed by atoms with Crippen LogP contribution in [0.25, 0.3) is 11.0 Å². The Kier molecular flexibility index (Phi) is 5.09. The number of aryl methyl sites for hydroxylation is 2. The molecule has 0 saturated carbocycles. The van der Waals surface area contributed by atoms with Gasteiger partial charge in [-0.25, -0.2) is 9.97 Å². The molecule has 1 fully saturated rings. The van der Waals surface area contributed by atoms with Crippen LogP contribution in [0.2, 0.25) is 0 Å². The summed E-state index contributed by atoms with van der Waals surface area (Å²) in [7, 11) is 0. The average molecular weight is 375 g/mol. The van der Waals surface area contributed by atoms with Crippen LogP contribution < -0.4 is 5.32 Å². The monoisotopic (exact) mass is 375 g/mol. The summed E-state index contributed by atoms with van der Waals surface area (Å²) in [6, 6.07) is 15.9. The molecule has 0 spiro atoms. The Morgan fingerprint density at radius 2 is 1.68 bits per heavy atom. The second kappa shape index (κ2) is 7.68. The Balaban J connectivity index is 1.55. The maximum absolute atomic E-state index is 12.9. The number of benzene rings is 2. The van der Waals surface area contributed by atoms with E-state index in [2.05, 4.69) is 39.6 Å². The van der Waals surface area contributed by atoms with Crippen molar-refractivity contribution in [3.8, 4) is 0 Å². The van der Waals surface area contributed by atoms with Crippen LogP contribution in [0.4, 0.5) is 0 Å². The largest absolute Gasteiger partial charge is 0.381 e. The van der Waals surface area contributed by atoms with E-state index in [4.69, 9.17) is 4.74 Å². The summed E-state index contributed by atoms with van der Waals surface area (Å²) in [6.45, 7) is 5.91. The zero-order valence-corrected chi connectivity index (χ0v) is 16.4. The van der Waals surface area contributed by atoms with E-state index in [1.54, 1.807) is 0 Å². The number of nitrogens with zero attached hydrogens (tertiary/aromatic N) is 2. The first-order valence-corrected chi connectivity index (χ1v) is 9.74. The highest BCUT2D eigenvalue weighted by Crippen LogP contribution is 2.34. The van der Waals surface area contributed by atoms with E-state index >= 15 is 0 Å². The van der Waals surface area contributed by atoms with Gasteiger partial charge in [-0.15, -0.1) is 0 Å². The van der Waals surface area contributed by atoms with Crippen LogP contribution in [-0.2, 0) is 10.2 Å². The lowest BCUT2D eigenvalue weighted by molar-refractivity contribution is 0.0487. The molecule has 28 heavy (non-hydrogen) atoms. The Bertz CT molecular complexity index is 995. The van der Waals surface area contributed by atoms with E-state index in [-0.39, 0.29) is 11.3 Å². The highest BCUT2D eigenvalue weighted by Gasteiger charge is 2.34. The van der Waals surface area contributed by atoms with Gasteiger partial charge < -0.3 is 10.1 Å². The number of carbonyl (C=O) groups is 1. The Labute approximate surface area is 165 Å². The van der Waals surface area contributed by atoms with Crippen molar-refractivity contribution in [2.75, 3.05) is 19.8 Å². The third-order valence-electron chi connectivity index (χ3n) is 5.76. The standard InChI is InChI=1S/C23H25N3O2/c1-16-17(2)26-21-14-18(8-9-20(21)25-16)22(27)24-15-23(10-12-28-13-11-23)19-6-4-3-5-7-19/h3-9,14H,10-13,15H2,1-2H3,(H,24,27). The van der Waals surface area contributed by atoms with Crippen molar-refractivity contribution in [3.05, 3.63) is 71.0 Å². The van der Waals surface area contributed by atoms with Gasteiger partial charge in [0.25, 0.3) is 5.91 Å². The summed E-state index contributed by atoms with van der Waals surface area (Å²) < 4.78 is 5.58. The summed E-state index contributed by atoms with van der Waals surface area (Å²) in [5, 5.41) is 3.16. The van der Waals surface area contributed by atoms with E-state index in [0.29, 0.717) is 12.1 Å². The smallest absolute Gasteiger partial charge is 0.251 e. The van der Waals surface area contributed by atoms with Crippen LogP contribution in [0.15, 0.2) is 48.5 Å². The van der Waals surface area contributed by atoms with Crippen LogP contribution in [0.1, 0.15) is 40.2 Å². The minimum Gasteiger partial charge on any atom is -0.381 e. The number of amides is 1. The molecule has 0 radical (unpaired) electrons. The fourth-order valence-electron chi connectivity index (χ4n) is 3.84. The molecule has 0 aliphatic carbocycles. The zero-order valence-electron chi connectivity index (χ0n) is 16.4. The first kappa shape index (κ1) is 18.6. The SMILES string of the molecule is Cc1nc2ccc(C(=O)NCC3(c4ccccc4)CCOCC3)cc2nc1C. The van der Waals surface area contributed by atoms with Gasteiger partial charge in [-0.05, 0) is 50.5 Å². The molecule has 1 aliphatic heterocycles. The van der Waals surface area contributed by atoms with Gasteiger partial charge in [-0.1, -0.05) is 30.3 Å². The fourth-order valence-corrected chi connectivity index (χ4v) is 3.84. The van der Waals surface area contributed by atoms with Crippen molar-refractivity contribution in [1.29, 1.82) is 0 Å². The first-order valence-electron chi connectivity index (χ1n) is 9.74. The lowest BCUT2D eigenvalue weighted by Crippen LogP contribution is -2.44. The predicted molar refractivity (Wildman–Crippen MR) is 110 cm³/mol. The summed E-state index contributed by atoms with van der Waals surface area (Å²) in [6.07, 6.45) is 1.80. The van der Waals surface area contributed by atoms with Crippen LogP contribution in [-0.4, -0.2) is 35.6 Å². The molecular weight excluding hydrogens is 350 g/mol. The number of fused-ring (bicyclic) bond motifs is 1. The van der Waals surface area contributed by atoms with Crippen molar-refractivity contribution >= 4 is 16.9 Å². The quantitative estimate of drug-likeness (QED) is 0.755. The molecule has 4 rings (SSSR count). The van der Waals surface area contributed by atoms with Gasteiger partial charge in [-0.3, -0.25) is 4.79 Å². The number of carbonyl (C=O) groups excluding carboxylic acids is 1. The number of aromatic nitrogens is 2. The maximum atomic E-state index is 12.9. The second-order valence-corrected chi connectivity index (χ2v) is 7.54. The van der Waals surface area contributed by atoms with Crippen molar-refractivity contribution < 1.29 is 9.53 Å².